The van der Waals surface area contributed by atoms with Gasteiger partial charge in [0.25, 0.3) is 5.91 Å². The van der Waals surface area contributed by atoms with Gasteiger partial charge in [-0.15, -0.1) is 0 Å². The highest BCUT2D eigenvalue weighted by molar-refractivity contribution is 5.96. The number of pyridine rings is 1. The van der Waals surface area contributed by atoms with Crippen LogP contribution >= 0.6 is 0 Å². The monoisotopic (exact) mass is 221 g/mol. The summed E-state index contributed by atoms with van der Waals surface area (Å²) < 4.78 is 0. The minimum Gasteiger partial charge on any atom is -0.397 e. The lowest BCUT2D eigenvalue weighted by atomic mass is 9.98. The number of hydrogen-bond donors (Lipinski definition) is 2. The molecule has 1 atom stereocenters. The van der Waals surface area contributed by atoms with Crippen LogP contribution in [0.2, 0.25) is 0 Å². The fourth-order valence-electron chi connectivity index (χ4n) is 1.18. The summed E-state index contributed by atoms with van der Waals surface area (Å²) in [5, 5.41) is 2.84. The average molecular weight is 221 g/mol. The van der Waals surface area contributed by atoms with Gasteiger partial charge in [0, 0.05) is 12.7 Å². The Labute approximate surface area is 96.3 Å². The zero-order chi connectivity index (χ0) is 12.1. The molecular formula is C12H19N3O. The van der Waals surface area contributed by atoms with E-state index < -0.39 is 0 Å². The molecule has 0 radical (unpaired) electrons. The fraction of sp³-hybridized carbons (Fsp3) is 0.500. The molecule has 1 aromatic heterocycles. The van der Waals surface area contributed by atoms with Crippen molar-refractivity contribution in [1.82, 2.24) is 10.3 Å². The number of nitrogens with zero attached hydrogens (tertiary/aromatic N) is 1. The van der Waals surface area contributed by atoms with Crippen molar-refractivity contribution in [3.63, 3.8) is 0 Å². The van der Waals surface area contributed by atoms with Gasteiger partial charge in [0.05, 0.1) is 5.69 Å². The molecule has 4 heteroatoms. The first-order chi connectivity index (χ1) is 7.52. The third-order valence-electron chi connectivity index (χ3n) is 2.78. The van der Waals surface area contributed by atoms with E-state index in [2.05, 4.69) is 31.1 Å². The summed E-state index contributed by atoms with van der Waals surface area (Å²) in [6.07, 6.45) is 1.57. The van der Waals surface area contributed by atoms with Gasteiger partial charge < -0.3 is 11.1 Å². The zero-order valence-corrected chi connectivity index (χ0v) is 10.0. The number of hydrogen-bond acceptors (Lipinski definition) is 3. The van der Waals surface area contributed by atoms with Crippen molar-refractivity contribution in [2.45, 2.75) is 20.8 Å². The van der Waals surface area contributed by atoms with Crippen LogP contribution in [0.3, 0.4) is 0 Å². The molecule has 1 amide bonds. The van der Waals surface area contributed by atoms with Crippen molar-refractivity contribution >= 4 is 11.6 Å². The maximum atomic E-state index is 11.7. The summed E-state index contributed by atoms with van der Waals surface area (Å²) in [5.41, 5.74) is 6.38. The van der Waals surface area contributed by atoms with Crippen LogP contribution in [0.1, 0.15) is 31.3 Å². The summed E-state index contributed by atoms with van der Waals surface area (Å²) in [6.45, 7) is 7.01. The molecule has 0 aliphatic carbocycles. The standard InChI is InChI=1S/C12H19N3O/c1-8(2)9(3)7-15-12(16)11-10(13)5-4-6-14-11/h4-6,8-9H,7,13H2,1-3H3,(H,15,16). The number of anilines is 1. The summed E-state index contributed by atoms with van der Waals surface area (Å²) in [7, 11) is 0. The number of carbonyl (C=O) groups excluding carboxylic acids is 1. The summed E-state index contributed by atoms with van der Waals surface area (Å²) >= 11 is 0. The Balaban J connectivity index is 2.57. The molecule has 1 heterocycles. The lowest BCUT2D eigenvalue weighted by Crippen LogP contribution is -2.31. The molecule has 0 aliphatic rings. The second-order valence-corrected chi connectivity index (χ2v) is 4.37. The van der Waals surface area contributed by atoms with E-state index in [1.165, 1.54) is 0 Å². The summed E-state index contributed by atoms with van der Waals surface area (Å²) in [4.78, 5) is 15.7. The Morgan fingerprint density at radius 2 is 2.19 bits per heavy atom. The van der Waals surface area contributed by atoms with Gasteiger partial charge in [-0.3, -0.25) is 4.79 Å². The summed E-state index contributed by atoms with van der Waals surface area (Å²) in [5.74, 6) is 0.779. The Bertz CT molecular complexity index is 363. The second kappa shape index (κ2) is 5.49. The van der Waals surface area contributed by atoms with Crippen LogP contribution in [-0.2, 0) is 0 Å². The topological polar surface area (TPSA) is 68.0 Å². The third-order valence-corrected chi connectivity index (χ3v) is 2.78. The largest absolute Gasteiger partial charge is 0.397 e. The smallest absolute Gasteiger partial charge is 0.272 e. The number of nitrogens with two attached hydrogens (primary N) is 1. The number of rotatable bonds is 4. The minimum atomic E-state index is -0.203. The molecule has 0 saturated carbocycles. The fourth-order valence-corrected chi connectivity index (χ4v) is 1.18. The van der Waals surface area contributed by atoms with E-state index in [0.29, 0.717) is 29.8 Å². The van der Waals surface area contributed by atoms with Crippen LogP contribution in [0, 0.1) is 11.8 Å². The lowest BCUT2D eigenvalue weighted by molar-refractivity contribution is 0.0941. The molecule has 0 spiro atoms. The number of nitrogens with one attached hydrogen (secondary N) is 1. The predicted molar refractivity (Wildman–Crippen MR) is 65.0 cm³/mol. The molecule has 16 heavy (non-hydrogen) atoms. The van der Waals surface area contributed by atoms with Gasteiger partial charge in [-0.05, 0) is 24.0 Å². The van der Waals surface area contributed by atoms with E-state index in [0.717, 1.165) is 0 Å². The van der Waals surface area contributed by atoms with Crippen LogP contribution in [0.25, 0.3) is 0 Å². The van der Waals surface area contributed by atoms with Crippen LogP contribution in [0.4, 0.5) is 5.69 Å². The molecule has 4 nitrogen and oxygen atoms in total. The highest BCUT2D eigenvalue weighted by Crippen LogP contribution is 2.09. The van der Waals surface area contributed by atoms with E-state index in [1.54, 1.807) is 18.3 Å². The Kier molecular flexibility index (Phi) is 4.28. The van der Waals surface area contributed by atoms with Gasteiger partial charge in [0.15, 0.2) is 5.69 Å². The molecular weight excluding hydrogens is 202 g/mol. The first-order valence-electron chi connectivity index (χ1n) is 5.51. The molecule has 1 rings (SSSR count). The van der Waals surface area contributed by atoms with E-state index >= 15 is 0 Å². The van der Waals surface area contributed by atoms with Gasteiger partial charge in [0.1, 0.15) is 0 Å². The Hall–Kier alpha value is -1.58. The average Bonchev–Trinajstić information content (AvgIpc) is 2.25. The molecule has 0 saturated heterocycles. The van der Waals surface area contributed by atoms with E-state index in [-0.39, 0.29) is 5.91 Å². The number of carbonyl (C=O) groups is 1. The quantitative estimate of drug-likeness (QED) is 0.813. The molecule has 0 aliphatic heterocycles. The van der Waals surface area contributed by atoms with E-state index in [4.69, 9.17) is 5.73 Å². The van der Waals surface area contributed by atoms with E-state index in [1.807, 2.05) is 0 Å². The van der Waals surface area contributed by atoms with Crippen LogP contribution in [-0.4, -0.2) is 17.4 Å². The molecule has 0 aromatic carbocycles. The van der Waals surface area contributed by atoms with Gasteiger partial charge in [-0.25, -0.2) is 4.98 Å². The highest BCUT2D eigenvalue weighted by atomic mass is 16.1. The predicted octanol–water partition coefficient (Wildman–Crippen LogP) is 1.69. The maximum Gasteiger partial charge on any atom is 0.272 e. The van der Waals surface area contributed by atoms with Crippen LogP contribution < -0.4 is 11.1 Å². The van der Waals surface area contributed by atoms with Crippen molar-refractivity contribution < 1.29 is 4.79 Å². The highest BCUT2D eigenvalue weighted by Gasteiger charge is 2.13. The maximum absolute atomic E-state index is 11.7. The van der Waals surface area contributed by atoms with Gasteiger partial charge in [-0.1, -0.05) is 20.8 Å². The van der Waals surface area contributed by atoms with Crippen LogP contribution in [0.5, 0.6) is 0 Å². The van der Waals surface area contributed by atoms with Gasteiger partial charge in [-0.2, -0.15) is 0 Å². The summed E-state index contributed by atoms with van der Waals surface area (Å²) in [6, 6.07) is 3.39. The first kappa shape index (κ1) is 12.5. The van der Waals surface area contributed by atoms with Crippen molar-refractivity contribution in [2.24, 2.45) is 11.8 Å². The molecule has 3 N–H and O–H groups in total. The number of nitrogen functional groups attached to an aromatic ring is 1. The first-order valence-corrected chi connectivity index (χ1v) is 5.51. The van der Waals surface area contributed by atoms with Gasteiger partial charge >= 0.3 is 0 Å². The molecule has 88 valence electrons. The van der Waals surface area contributed by atoms with Crippen molar-refractivity contribution in [3.8, 4) is 0 Å². The molecule has 1 unspecified atom stereocenters. The zero-order valence-electron chi connectivity index (χ0n) is 10.0. The van der Waals surface area contributed by atoms with E-state index in [9.17, 15) is 4.79 Å². The van der Waals surface area contributed by atoms with Crippen molar-refractivity contribution in [1.29, 1.82) is 0 Å². The molecule has 0 fully saturated rings. The second-order valence-electron chi connectivity index (χ2n) is 4.37. The lowest BCUT2D eigenvalue weighted by Gasteiger charge is -2.16. The molecule has 1 aromatic rings. The third kappa shape index (κ3) is 3.22. The SMILES string of the molecule is CC(C)C(C)CNC(=O)c1ncccc1N. The van der Waals surface area contributed by atoms with Gasteiger partial charge in [0.2, 0.25) is 0 Å². The Morgan fingerprint density at radius 1 is 1.50 bits per heavy atom. The molecule has 0 bridgehead atoms. The van der Waals surface area contributed by atoms with Crippen LogP contribution in [0.15, 0.2) is 18.3 Å². The number of amides is 1. The van der Waals surface area contributed by atoms with Crippen molar-refractivity contribution in [3.05, 3.63) is 24.0 Å². The number of aromatic nitrogens is 1. The Morgan fingerprint density at radius 3 is 2.75 bits per heavy atom. The van der Waals surface area contributed by atoms with Crippen molar-refractivity contribution in [2.75, 3.05) is 12.3 Å². The minimum absolute atomic E-state index is 0.203. The normalized spacial score (nSPS) is 12.5.